The van der Waals surface area contributed by atoms with E-state index in [-0.39, 0.29) is 48.8 Å². The number of anilines is 2. The van der Waals surface area contributed by atoms with Crippen LogP contribution >= 0.6 is 0 Å². The van der Waals surface area contributed by atoms with Crippen LogP contribution in [0.2, 0.25) is 19.6 Å². The molecule has 0 spiro atoms. The van der Waals surface area contributed by atoms with E-state index in [9.17, 15) is 10.2 Å². The number of carboxylic acid groups (broad SMARTS) is 1. The zero-order valence-corrected chi connectivity index (χ0v) is 44.9. The van der Waals surface area contributed by atoms with Crippen molar-refractivity contribution in [1.29, 1.82) is 0 Å². The molecule has 9 rings (SSSR count). The molecule has 3 aromatic heterocycles. The van der Waals surface area contributed by atoms with Crippen molar-refractivity contribution in [2.45, 2.75) is 85.4 Å². The second kappa shape index (κ2) is 21.1. The Labute approximate surface area is 427 Å². The third-order valence-corrected chi connectivity index (χ3v) is 14.5. The van der Waals surface area contributed by atoms with E-state index in [1.165, 1.54) is 22.4 Å². The molecule has 0 aliphatic heterocycles. The maximum Gasteiger partial charge on any atom is 3.00 e. The number of fused-ring (bicyclic) bond motifs is 3. The van der Waals surface area contributed by atoms with Crippen LogP contribution in [0, 0.1) is 12.1 Å². The van der Waals surface area contributed by atoms with E-state index in [4.69, 9.17) is 14.5 Å². The largest absolute Gasteiger partial charge is 3.00 e. The molecule has 9 heteroatoms. The van der Waals surface area contributed by atoms with E-state index in [1.807, 2.05) is 47.6 Å². The van der Waals surface area contributed by atoms with Crippen molar-refractivity contribution in [3.63, 3.8) is 0 Å². The number of amidine groups is 1. The first-order valence-corrected chi connectivity index (χ1v) is 27.1. The molecular weight excluding hydrogens is 1060 g/mol. The van der Waals surface area contributed by atoms with E-state index in [0.29, 0.717) is 11.1 Å². The molecule has 70 heavy (non-hydrogen) atoms. The second-order valence-corrected chi connectivity index (χ2v) is 25.3. The van der Waals surface area contributed by atoms with E-state index < -0.39 is 14.0 Å². The monoisotopic (exact) mass is 1120 g/mol. The molecule has 0 atom stereocenters. The minimum absolute atomic E-state index is 0. The van der Waals surface area contributed by atoms with Crippen molar-refractivity contribution >= 4 is 58.4 Å². The predicted octanol–water partition coefficient (Wildman–Crippen LogP) is 15.6. The Morgan fingerprint density at radius 1 is 0.714 bits per heavy atom. The molecule has 0 bridgehead atoms. The third kappa shape index (κ3) is 11.0. The van der Waals surface area contributed by atoms with Gasteiger partial charge in [0.1, 0.15) is 5.58 Å². The van der Waals surface area contributed by atoms with Gasteiger partial charge in [-0.1, -0.05) is 171 Å². The Balaban J connectivity index is 0.000000303. The third-order valence-electron chi connectivity index (χ3n) is 12.5. The Bertz CT molecular complexity index is 3250. The summed E-state index contributed by atoms with van der Waals surface area (Å²) in [4.78, 5) is 21.9. The van der Waals surface area contributed by atoms with Gasteiger partial charge in [0.2, 0.25) is 0 Å². The molecule has 9 aromatic rings. The van der Waals surface area contributed by atoms with Gasteiger partial charge < -0.3 is 24.8 Å². The topological polar surface area (TPSA) is 102 Å². The van der Waals surface area contributed by atoms with Crippen LogP contribution in [0.4, 0.5) is 11.4 Å². The Kier molecular flexibility index (Phi) is 15.4. The summed E-state index contributed by atoms with van der Waals surface area (Å²) in [6.45, 7) is 22.1. The Hall–Kier alpha value is -6.77. The predicted molar refractivity (Wildman–Crippen MR) is 289 cm³/mol. The van der Waals surface area contributed by atoms with Gasteiger partial charge in [0.05, 0.1) is 8.07 Å². The number of hydrogen-bond donors (Lipinski definition) is 1. The molecule has 0 amide bonds. The fraction of sp³-hybridized carbons (Fsp3) is 0.213. The molecule has 7 nitrogen and oxygen atoms in total. The number of para-hydroxylation sites is 1. The van der Waals surface area contributed by atoms with Gasteiger partial charge in [0.25, 0.3) is 5.97 Å². The minimum Gasteiger partial charge on any atom is -0.520 e. The number of nitrogens with zero attached hydrogens (tertiary/aromatic N) is 4. The Morgan fingerprint density at radius 3 is 1.93 bits per heavy atom. The van der Waals surface area contributed by atoms with Crippen molar-refractivity contribution < 1.29 is 34.4 Å². The van der Waals surface area contributed by atoms with E-state index >= 15 is 0 Å². The van der Waals surface area contributed by atoms with Crippen molar-refractivity contribution in [2.75, 3.05) is 4.90 Å². The van der Waals surface area contributed by atoms with Crippen LogP contribution in [-0.4, -0.2) is 35.0 Å². The van der Waals surface area contributed by atoms with Crippen molar-refractivity contribution in [1.82, 2.24) is 9.97 Å². The summed E-state index contributed by atoms with van der Waals surface area (Å²) < 4.78 is 6.66. The first kappa shape index (κ1) is 51.1. The summed E-state index contributed by atoms with van der Waals surface area (Å²) in [5, 5.41) is 24.7. The average Bonchev–Trinajstić information content (AvgIpc) is 3.72. The molecule has 1 N–H and O–H groups in total. The van der Waals surface area contributed by atoms with Crippen LogP contribution in [-0.2, 0) is 25.5 Å². The summed E-state index contributed by atoms with van der Waals surface area (Å²) in [6.07, 6.45) is 3.75. The van der Waals surface area contributed by atoms with Crippen LogP contribution in [0.1, 0.15) is 93.0 Å². The standard InChI is InChI=1S/C46H43N3O.C15H16NO2Si.Ir/c1-29(2)36-15-11-16-37(30(3)4)43(36)49(35-25-26-48-42(28-35)46(5,6)7)45(47)40-18-12-17-39-38-24-23-34(27-41(38)50-44(39)40)33-21-19-32(20-22-33)31-13-9-8-10-14-31;1-19(2,3)13-8-9-14(16-10-13)11-4-6-12(7-5-11)15(17)18;/h8-17,19-30H,1-7H3;4,6-10H,1-3H3,(H,17,18);/q-2;-1;+3. The summed E-state index contributed by atoms with van der Waals surface area (Å²) in [5.41, 5.74) is 13.1. The quantitative estimate of drug-likeness (QED) is 0.0634. The van der Waals surface area contributed by atoms with Crippen molar-refractivity contribution in [3.05, 3.63) is 203 Å². The zero-order chi connectivity index (χ0) is 49.2. The van der Waals surface area contributed by atoms with Gasteiger partial charge in [0.15, 0.2) is 0 Å². The normalized spacial score (nSPS) is 11.6. The van der Waals surface area contributed by atoms with Gasteiger partial charge in [-0.2, -0.15) is 0 Å². The summed E-state index contributed by atoms with van der Waals surface area (Å²) in [5.74, 6) is -0.444. The van der Waals surface area contributed by atoms with Crippen molar-refractivity contribution in [3.8, 4) is 33.5 Å². The van der Waals surface area contributed by atoms with Crippen LogP contribution in [0.5, 0.6) is 0 Å². The number of aromatic nitrogens is 2. The molecule has 0 aliphatic rings. The zero-order valence-electron chi connectivity index (χ0n) is 41.6. The number of pyridine rings is 2. The molecular formula is C61H59IrN4O3Si. The van der Waals surface area contributed by atoms with Crippen LogP contribution in [0.25, 0.3) is 60.9 Å². The molecule has 0 saturated heterocycles. The SMILES string of the molecule is CC(C)c1cccc(C(C)C)c1N(C(=[N-])c1[c-]ccc2c1oc1cc(-c3ccc(-c4ccccc4)cc3)ccc12)c1ccnc(C(C)(C)C)c1.C[Si](C)(C)c1ccc(-c2[c-]cc(C(=O)O)cc2)nc1.[Ir+3]. The molecule has 6 aromatic carbocycles. The number of aromatic carboxylic acids is 1. The Morgan fingerprint density at radius 2 is 1.36 bits per heavy atom. The van der Waals surface area contributed by atoms with Gasteiger partial charge >= 0.3 is 20.1 Å². The summed E-state index contributed by atoms with van der Waals surface area (Å²) >= 11 is 0. The molecule has 0 aliphatic carbocycles. The number of carboxylic acids is 1. The number of rotatable bonds is 10. The fourth-order valence-corrected chi connectivity index (χ4v) is 9.53. The van der Waals surface area contributed by atoms with Gasteiger partial charge in [0, 0.05) is 34.5 Å². The summed E-state index contributed by atoms with van der Waals surface area (Å²) in [6, 6.07) is 55.0. The maximum absolute atomic E-state index is 12.6. The molecule has 0 saturated carbocycles. The van der Waals surface area contributed by atoms with Gasteiger partial charge in [-0.05, 0) is 91.2 Å². The molecule has 0 radical (unpaired) electrons. The van der Waals surface area contributed by atoms with E-state index in [2.05, 4.69) is 182 Å². The molecule has 0 fully saturated rings. The molecule has 0 unspecified atom stereocenters. The van der Waals surface area contributed by atoms with Crippen LogP contribution in [0.15, 0.2) is 162 Å². The second-order valence-electron chi connectivity index (χ2n) is 20.2. The first-order chi connectivity index (χ1) is 32.9. The summed E-state index contributed by atoms with van der Waals surface area (Å²) in [7, 11) is -1.33. The van der Waals surface area contributed by atoms with Crippen LogP contribution < -0.4 is 10.1 Å². The average molecular weight is 1120 g/mol. The minimum atomic E-state index is -1.33. The van der Waals surface area contributed by atoms with Crippen molar-refractivity contribution in [2.24, 2.45) is 0 Å². The van der Waals surface area contributed by atoms with E-state index in [0.717, 1.165) is 66.9 Å². The number of carbonyl (C=O) groups is 1. The number of benzene rings is 6. The number of hydrogen-bond acceptors (Lipinski definition) is 4. The smallest absolute Gasteiger partial charge is 0.520 e. The fourth-order valence-electron chi connectivity index (χ4n) is 8.49. The van der Waals surface area contributed by atoms with Crippen LogP contribution in [0.3, 0.4) is 0 Å². The van der Waals surface area contributed by atoms with Gasteiger partial charge in [-0.3, -0.25) is 9.78 Å². The number of furan rings is 1. The van der Waals surface area contributed by atoms with E-state index in [1.54, 1.807) is 12.1 Å². The van der Waals surface area contributed by atoms with Gasteiger partial charge in [-0.25, -0.2) is 0 Å². The maximum atomic E-state index is 12.6. The molecule has 3 heterocycles. The van der Waals surface area contributed by atoms with Gasteiger partial charge in [-0.15, -0.1) is 59.4 Å². The first-order valence-electron chi connectivity index (χ1n) is 23.6. The molecule has 354 valence electrons.